The highest BCUT2D eigenvalue weighted by Crippen LogP contribution is 2.11. The molecule has 0 spiro atoms. The van der Waals surface area contributed by atoms with E-state index < -0.39 is 0 Å². The van der Waals surface area contributed by atoms with Crippen molar-refractivity contribution in [2.24, 2.45) is 10.9 Å². The lowest BCUT2D eigenvalue weighted by Gasteiger charge is -2.12. The Morgan fingerprint density at radius 2 is 2.08 bits per heavy atom. The summed E-state index contributed by atoms with van der Waals surface area (Å²) < 4.78 is 5.62. The second-order valence-electron chi connectivity index (χ2n) is 6.32. The summed E-state index contributed by atoms with van der Waals surface area (Å²) in [6, 6.07) is 0. The molecule has 2 N–H and O–H groups in total. The van der Waals surface area contributed by atoms with Crippen molar-refractivity contribution in [3.05, 3.63) is 16.1 Å². The maximum absolute atomic E-state index is 5.62. The number of aliphatic imine (C=N–C) groups is 1. The molecule has 0 aliphatic heterocycles. The second-order valence-corrected chi connectivity index (χ2v) is 7.26. The van der Waals surface area contributed by atoms with Crippen LogP contribution in [0.5, 0.6) is 0 Å². The van der Waals surface area contributed by atoms with Crippen molar-refractivity contribution in [3.8, 4) is 0 Å². The third kappa shape index (κ3) is 13.5. The topological polar surface area (TPSA) is 58.5 Å². The summed E-state index contributed by atoms with van der Waals surface area (Å²) in [5.41, 5.74) is 1.13. The molecular weight excluding hydrogens is 447 g/mol. The molecule has 25 heavy (non-hydrogen) atoms. The normalized spacial score (nSPS) is 11.5. The number of aromatic nitrogens is 1. The number of unbranched alkanes of at least 4 members (excludes halogenated alkanes) is 1. The lowest BCUT2D eigenvalue weighted by Crippen LogP contribution is -2.39. The molecule has 1 aromatic heterocycles. The monoisotopic (exact) mass is 482 g/mol. The van der Waals surface area contributed by atoms with Crippen LogP contribution in [0.1, 0.15) is 50.7 Å². The Balaban J connectivity index is 0.00000576. The van der Waals surface area contributed by atoms with Gasteiger partial charge in [-0.2, -0.15) is 0 Å². The standard InChI is InChI=1S/C18H34N4OS.HI/c1-5-19-18(21-11-13-23-12-9-15(2)3)20-10-7-6-8-17-22-16(4)14-24-17;/h14-15H,5-13H2,1-4H3,(H2,19,20,21);1H. The van der Waals surface area contributed by atoms with E-state index in [1.165, 1.54) is 5.01 Å². The van der Waals surface area contributed by atoms with Gasteiger partial charge in [-0.3, -0.25) is 4.99 Å². The molecule has 0 bridgehead atoms. The molecule has 0 saturated carbocycles. The molecule has 1 aromatic rings. The number of aryl methyl sites for hydroxylation is 2. The zero-order chi connectivity index (χ0) is 17.6. The van der Waals surface area contributed by atoms with Gasteiger partial charge in [0.25, 0.3) is 0 Å². The Morgan fingerprint density at radius 1 is 1.28 bits per heavy atom. The fourth-order valence-corrected chi connectivity index (χ4v) is 2.92. The van der Waals surface area contributed by atoms with Crippen molar-refractivity contribution in [2.75, 3.05) is 32.8 Å². The third-order valence-electron chi connectivity index (χ3n) is 3.46. The first-order valence-electron chi connectivity index (χ1n) is 9.12. The molecular formula is C18H35IN4OS. The summed E-state index contributed by atoms with van der Waals surface area (Å²) in [4.78, 5) is 9.11. The molecule has 0 amide bonds. The van der Waals surface area contributed by atoms with Gasteiger partial charge < -0.3 is 15.4 Å². The lowest BCUT2D eigenvalue weighted by molar-refractivity contribution is 0.128. The predicted octanol–water partition coefficient (Wildman–Crippen LogP) is 4.01. The highest BCUT2D eigenvalue weighted by molar-refractivity contribution is 14.0. The van der Waals surface area contributed by atoms with Crippen LogP contribution in [0.4, 0.5) is 0 Å². The van der Waals surface area contributed by atoms with Crippen LogP contribution in [-0.2, 0) is 11.2 Å². The Hall–Kier alpha value is -0.410. The van der Waals surface area contributed by atoms with E-state index in [1.807, 2.05) is 6.92 Å². The van der Waals surface area contributed by atoms with Crippen LogP contribution in [-0.4, -0.2) is 43.8 Å². The van der Waals surface area contributed by atoms with E-state index >= 15 is 0 Å². The number of nitrogens with zero attached hydrogens (tertiary/aromatic N) is 2. The number of ether oxygens (including phenoxy) is 1. The van der Waals surface area contributed by atoms with Crippen molar-refractivity contribution in [1.82, 2.24) is 15.6 Å². The highest BCUT2D eigenvalue weighted by Gasteiger charge is 2.00. The Bertz CT molecular complexity index is 466. The van der Waals surface area contributed by atoms with Gasteiger partial charge in [-0.05, 0) is 45.4 Å². The fourth-order valence-electron chi connectivity index (χ4n) is 2.10. The Kier molecular flexibility index (Phi) is 15.6. The number of nitrogens with one attached hydrogen (secondary N) is 2. The Morgan fingerprint density at radius 3 is 2.72 bits per heavy atom. The molecule has 0 saturated heterocycles. The summed E-state index contributed by atoms with van der Waals surface area (Å²) in [6.07, 6.45) is 4.39. The zero-order valence-corrected chi connectivity index (χ0v) is 19.3. The highest BCUT2D eigenvalue weighted by atomic mass is 127. The quantitative estimate of drug-likeness (QED) is 0.205. The van der Waals surface area contributed by atoms with E-state index in [2.05, 4.69) is 46.8 Å². The first kappa shape index (κ1) is 24.6. The van der Waals surface area contributed by atoms with Crippen LogP contribution < -0.4 is 10.6 Å². The summed E-state index contributed by atoms with van der Waals surface area (Å²) in [5, 5.41) is 9.95. The number of hydrogen-bond acceptors (Lipinski definition) is 4. The number of halogens is 1. The van der Waals surface area contributed by atoms with Gasteiger partial charge in [0, 0.05) is 37.3 Å². The zero-order valence-electron chi connectivity index (χ0n) is 16.1. The molecule has 0 aromatic carbocycles. The van der Waals surface area contributed by atoms with Crippen LogP contribution in [0.15, 0.2) is 10.4 Å². The molecule has 0 fully saturated rings. The van der Waals surface area contributed by atoms with Crippen LogP contribution in [0.25, 0.3) is 0 Å². The first-order valence-corrected chi connectivity index (χ1v) is 10.0. The Labute approximate surface area is 174 Å². The molecule has 1 heterocycles. The summed E-state index contributed by atoms with van der Waals surface area (Å²) in [7, 11) is 0. The lowest BCUT2D eigenvalue weighted by atomic mass is 10.1. The first-order chi connectivity index (χ1) is 11.6. The smallest absolute Gasteiger partial charge is 0.191 e. The van der Waals surface area contributed by atoms with Gasteiger partial charge in [-0.15, -0.1) is 35.3 Å². The van der Waals surface area contributed by atoms with Gasteiger partial charge in [-0.25, -0.2) is 4.98 Å². The van der Waals surface area contributed by atoms with E-state index in [0.29, 0.717) is 5.92 Å². The van der Waals surface area contributed by atoms with E-state index in [0.717, 1.165) is 70.2 Å². The third-order valence-corrected chi connectivity index (χ3v) is 4.48. The molecule has 1 rings (SSSR count). The fraction of sp³-hybridized carbons (Fsp3) is 0.778. The van der Waals surface area contributed by atoms with Crippen molar-refractivity contribution < 1.29 is 4.74 Å². The average molecular weight is 482 g/mol. The number of guanidine groups is 1. The molecule has 0 aliphatic rings. The molecule has 5 nitrogen and oxygen atoms in total. The number of hydrogen-bond donors (Lipinski definition) is 2. The van der Waals surface area contributed by atoms with Crippen LogP contribution in [0, 0.1) is 12.8 Å². The molecule has 146 valence electrons. The van der Waals surface area contributed by atoms with Crippen LogP contribution >= 0.6 is 35.3 Å². The molecule has 0 atom stereocenters. The van der Waals surface area contributed by atoms with Crippen molar-refractivity contribution in [2.45, 2.75) is 53.4 Å². The summed E-state index contributed by atoms with van der Waals surface area (Å²) in [5.74, 6) is 1.58. The van der Waals surface area contributed by atoms with Gasteiger partial charge in [0.1, 0.15) is 0 Å². The molecule has 7 heteroatoms. The van der Waals surface area contributed by atoms with Crippen molar-refractivity contribution in [3.63, 3.8) is 0 Å². The molecule has 0 aliphatic carbocycles. The van der Waals surface area contributed by atoms with Crippen molar-refractivity contribution >= 4 is 41.3 Å². The van der Waals surface area contributed by atoms with E-state index in [1.54, 1.807) is 11.3 Å². The second kappa shape index (κ2) is 15.8. The van der Waals surface area contributed by atoms with Gasteiger partial charge in [0.15, 0.2) is 5.96 Å². The minimum absolute atomic E-state index is 0. The maximum atomic E-state index is 5.62. The largest absolute Gasteiger partial charge is 0.380 e. The SMILES string of the molecule is CCNC(=NCCCCc1nc(C)cs1)NCCOCCC(C)C.I. The summed E-state index contributed by atoms with van der Waals surface area (Å²) >= 11 is 1.76. The van der Waals surface area contributed by atoms with Gasteiger partial charge >= 0.3 is 0 Å². The minimum atomic E-state index is 0. The average Bonchev–Trinajstić information content (AvgIpc) is 2.95. The maximum Gasteiger partial charge on any atom is 0.191 e. The van der Waals surface area contributed by atoms with Gasteiger partial charge in [-0.1, -0.05) is 13.8 Å². The van der Waals surface area contributed by atoms with E-state index in [9.17, 15) is 0 Å². The van der Waals surface area contributed by atoms with Crippen LogP contribution in [0.2, 0.25) is 0 Å². The van der Waals surface area contributed by atoms with E-state index in [4.69, 9.17) is 4.74 Å². The van der Waals surface area contributed by atoms with E-state index in [-0.39, 0.29) is 24.0 Å². The summed E-state index contributed by atoms with van der Waals surface area (Å²) in [6.45, 7) is 12.6. The van der Waals surface area contributed by atoms with Crippen LogP contribution in [0.3, 0.4) is 0 Å². The number of thiazole rings is 1. The van der Waals surface area contributed by atoms with Gasteiger partial charge in [0.05, 0.1) is 11.6 Å². The number of rotatable bonds is 12. The van der Waals surface area contributed by atoms with Gasteiger partial charge in [0.2, 0.25) is 0 Å². The predicted molar refractivity (Wildman–Crippen MR) is 119 cm³/mol. The minimum Gasteiger partial charge on any atom is -0.380 e. The molecule has 0 unspecified atom stereocenters. The van der Waals surface area contributed by atoms with Crippen molar-refractivity contribution in [1.29, 1.82) is 0 Å². The molecule has 0 radical (unpaired) electrons.